The number of hydrogen-bond donors (Lipinski definition) is 1. The predicted molar refractivity (Wildman–Crippen MR) is 91.0 cm³/mol. The Labute approximate surface area is 140 Å². The third-order valence-corrected chi connectivity index (χ3v) is 5.25. The predicted octanol–water partition coefficient (Wildman–Crippen LogP) is 3.06. The quantitative estimate of drug-likeness (QED) is 0.696. The van der Waals surface area contributed by atoms with E-state index in [1.165, 1.54) is 12.1 Å². The summed E-state index contributed by atoms with van der Waals surface area (Å²) >= 11 is 5.77. The first-order valence-electron chi connectivity index (χ1n) is 7.21. The highest BCUT2D eigenvalue weighted by Gasteiger charge is 2.12. The van der Waals surface area contributed by atoms with Gasteiger partial charge in [-0.25, -0.2) is 18.1 Å². The Morgan fingerprint density at radius 1 is 1.09 bits per heavy atom. The lowest BCUT2D eigenvalue weighted by molar-refractivity contribution is 0.571. The van der Waals surface area contributed by atoms with Crippen molar-refractivity contribution in [2.75, 3.05) is 6.54 Å². The molecule has 1 aromatic heterocycles. The number of imidazole rings is 1. The van der Waals surface area contributed by atoms with E-state index in [2.05, 4.69) is 9.71 Å². The van der Waals surface area contributed by atoms with Crippen molar-refractivity contribution in [3.63, 3.8) is 0 Å². The van der Waals surface area contributed by atoms with Crippen molar-refractivity contribution in [3.8, 4) is 0 Å². The first kappa shape index (κ1) is 16.0. The lowest BCUT2D eigenvalue weighted by atomic mass is 10.3. The van der Waals surface area contributed by atoms with E-state index >= 15 is 0 Å². The molecule has 0 radical (unpaired) electrons. The van der Waals surface area contributed by atoms with Gasteiger partial charge in [0, 0.05) is 18.1 Å². The van der Waals surface area contributed by atoms with Gasteiger partial charge in [0.25, 0.3) is 0 Å². The molecule has 23 heavy (non-hydrogen) atoms. The van der Waals surface area contributed by atoms with Crippen LogP contribution in [0.2, 0.25) is 5.02 Å². The van der Waals surface area contributed by atoms with Gasteiger partial charge in [-0.1, -0.05) is 23.7 Å². The third-order valence-electron chi connectivity index (χ3n) is 3.52. The second kappa shape index (κ2) is 6.70. The lowest BCUT2D eigenvalue weighted by Crippen LogP contribution is -2.25. The maximum atomic E-state index is 12.1. The van der Waals surface area contributed by atoms with Crippen molar-refractivity contribution in [3.05, 3.63) is 59.9 Å². The molecule has 3 aromatic rings. The van der Waals surface area contributed by atoms with Crippen molar-refractivity contribution in [2.45, 2.75) is 17.9 Å². The van der Waals surface area contributed by atoms with Gasteiger partial charge in [0.15, 0.2) is 0 Å². The van der Waals surface area contributed by atoms with E-state index in [9.17, 15) is 8.42 Å². The zero-order chi connectivity index (χ0) is 16.3. The van der Waals surface area contributed by atoms with E-state index in [1.807, 2.05) is 28.8 Å². The Bertz CT molecular complexity index is 904. The lowest BCUT2D eigenvalue weighted by Gasteiger charge is -2.08. The van der Waals surface area contributed by atoms with Crippen LogP contribution in [0, 0.1) is 0 Å². The molecular formula is C16H16ClN3O2S. The largest absolute Gasteiger partial charge is 0.331 e. The second-order valence-corrected chi connectivity index (χ2v) is 7.34. The van der Waals surface area contributed by atoms with Gasteiger partial charge in [0.1, 0.15) is 0 Å². The summed E-state index contributed by atoms with van der Waals surface area (Å²) < 4.78 is 28.9. The summed E-state index contributed by atoms with van der Waals surface area (Å²) in [6.45, 7) is 1.06. The zero-order valence-electron chi connectivity index (χ0n) is 12.3. The van der Waals surface area contributed by atoms with E-state index in [0.717, 1.165) is 11.0 Å². The number of halogens is 1. The summed E-state index contributed by atoms with van der Waals surface area (Å²) in [7, 11) is -3.49. The minimum atomic E-state index is -3.49. The topological polar surface area (TPSA) is 64.0 Å². The zero-order valence-corrected chi connectivity index (χ0v) is 13.9. The smallest absolute Gasteiger partial charge is 0.240 e. The Morgan fingerprint density at radius 3 is 2.61 bits per heavy atom. The minimum absolute atomic E-state index is 0.218. The van der Waals surface area contributed by atoms with Crippen LogP contribution >= 0.6 is 11.6 Å². The number of benzene rings is 2. The van der Waals surface area contributed by atoms with Crippen LogP contribution in [-0.2, 0) is 16.6 Å². The fourth-order valence-corrected chi connectivity index (χ4v) is 3.54. The van der Waals surface area contributed by atoms with Crippen LogP contribution < -0.4 is 4.72 Å². The minimum Gasteiger partial charge on any atom is -0.331 e. The molecule has 7 heteroatoms. The van der Waals surface area contributed by atoms with E-state index in [4.69, 9.17) is 11.6 Å². The normalized spacial score (nSPS) is 11.9. The van der Waals surface area contributed by atoms with Gasteiger partial charge in [-0.15, -0.1) is 0 Å². The molecule has 1 heterocycles. The summed E-state index contributed by atoms with van der Waals surface area (Å²) in [6, 6.07) is 14.0. The molecule has 0 atom stereocenters. The van der Waals surface area contributed by atoms with Crippen LogP contribution in [0.3, 0.4) is 0 Å². The van der Waals surface area contributed by atoms with Crippen molar-refractivity contribution in [1.29, 1.82) is 0 Å². The monoisotopic (exact) mass is 349 g/mol. The molecule has 0 aliphatic carbocycles. The average molecular weight is 350 g/mol. The van der Waals surface area contributed by atoms with Gasteiger partial charge in [-0.3, -0.25) is 0 Å². The summed E-state index contributed by atoms with van der Waals surface area (Å²) in [4.78, 5) is 4.53. The van der Waals surface area contributed by atoms with E-state index in [-0.39, 0.29) is 4.90 Å². The van der Waals surface area contributed by atoms with E-state index in [1.54, 1.807) is 18.5 Å². The third kappa shape index (κ3) is 3.72. The Kier molecular flexibility index (Phi) is 4.66. The van der Waals surface area contributed by atoms with Crippen LogP contribution in [0.25, 0.3) is 11.0 Å². The Morgan fingerprint density at radius 2 is 1.83 bits per heavy atom. The van der Waals surface area contributed by atoms with Crippen LogP contribution in [-0.4, -0.2) is 24.5 Å². The molecule has 5 nitrogen and oxygen atoms in total. The average Bonchev–Trinajstić information content (AvgIpc) is 2.95. The van der Waals surface area contributed by atoms with Crippen LogP contribution in [0.5, 0.6) is 0 Å². The van der Waals surface area contributed by atoms with Gasteiger partial charge in [0.05, 0.1) is 22.3 Å². The molecule has 0 aliphatic heterocycles. The highest BCUT2D eigenvalue weighted by molar-refractivity contribution is 7.89. The number of rotatable bonds is 6. The molecule has 0 fully saturated rings. The Hall–Kier alpha value is -1.89. The number of aryl methyl sites for hydroxylation is 1. The van der Waals surface area contributed by atoms with Crippen molar-refractivity contribution in [2.24, 2.45) is 0 Å². The number of aromatic nitrogens is 2. The Balaban J connectivity index is 1.58. The van der Waals surface area contributed by atoms with E-state index in [0.29, 0.717) is 24.5 Å². The number of nitrogens with one attached hydrogen (secondary N) is 1. The number of hydrogen-bond acceptors (Lipinski definition) is 3. The molecule has 1 N–H and O–H groups in total. The molecule has 0 amide bonds. The summed E-state index contributed by atoms with van der Waals surface area (Å²) in [5, 5.41) is 0.510. The second-order valence-electron chi connectivity index (χ2n) is 5.13. The number of fused-ring (bicyclic) bond motifs is 1. The van der Waals surface area contributed by atoms with Crippen LogP contribution in [0.4, 0.5) is 0 Å². The SMILES string of the molecule is O=S(=O)(NCCCn1cnc2ccccc21)c1ccc(Cl)cc1. The van der Waals surface area contributed by atoms with Gasteiger partial charge in [-0.05, 0) is 42.8 Å². The van der Waals surface area contributed by atoms with Crippen LogP contribution in [0.1, 0.15) is 6.42 Å². The highest BCUT2D eigenvalue weighted by Crippen LogP contribution is 2.14. The van der Waals surface area contributed by atoms with E-state index < -0.39 is 10.0 Å². The molecule has 0 spiro atoms. The van der Waals surface area contributed by atoms with Crippen molar-refractivity contribution in [1.82, 2.24) is 14.3 Å². The fraction of sp³-hybridized carbons (Fsp3) is 0.188. The first-order valence-corrected chi connectivity index (χ1v) is 9.07. The van der Waals surface area contributed by atoms with Gasteiger partial charge < -0.3 is 4.57 Å². The maximum Gasteiger partial charge on any atom is 0.240 e. The summed E-state index contributed by atoms with van der Waals surface area (Å²) in [6.07, 6.45) is 2.45. The maximum absolute atomic E-state index is 12.1. The molecule has 0 bridgehead atoms. The molecular weight excluding hydrogens is 334 g/mol. The van der Waals surface area contributed by atoms with Gasteiger partial charge in [-0.2, -0.15) is 0 Å². The molecule has 3 rings (SSSR count). The molecule has 120 valence electrons. The molecule has 2 aromatic carbocycles. The highest BCUT2D eigenvalue weighted by atomic mass is 35.5. The van der Waals surface area contributed by atoms with Crippen molar-refractivity contribution < 1.29 is 8.42 Å². The van der Waals surface area contributed by atoms with Gasteiger partial charge in [0.2, 0.25) is 10.0 Å². The molecule has 0 aliphatic rings. The number of para-hydroxylation sites is 2. The fourth-order valence-electron chi connectivity index (χ4n) is 2.34. The summed E-state index contributed by atoms with van der Waals surface area (Å²) in [5.74, 6) is 0. The molecule has 0 saturated heterocycles. The standard InChI is InChI=1S/C16H16ClN3O2S/c17-13-6-8-14(9-7-13)23(21,22)19-10-3-11-20-12-18-15-4-1-2-5-16(15)20/h1-2,4-9,12,19H,3,10-11H2. The molecule has 0 saturated carbocycles. The van der Waals surface area contributed by atoms with Crippen LogP contribution in [0.15, 0.2) is 59.8 Å². The number of nitrogens with zero attached hydrogens (tertiary/aromatic N) is 2. The number of sulfonamides is 1. The first-order chi connectivity index (χ1) is 11.1. The van der Waals surface area contributed by atoms with Gasteiger partial charge >= 0.3 is 0 Å². The van der Waals surface area contributed by atoms with Crippen molar-refractivity contribution >= 4 is 32.7 Å². The molecule has 0 unspecified atom stereocenters. The summed E-state index contributed by atoms with van der Waals surface area (Å²) in [5.41, 5.74) is 1.99.